The van der Waals surface area contributed by atoms with Crippen molar-refractivity contribution < 1.29 is 0 Å². The molecule has 0 spiro atoms. The van der Waals surface area contributed by atoms with Crippen molar-refractivity contribution in [2.24, 2.45) is 11.8 Å². The third-order valence-electron chi connectivity index (χ3n) is 3.90. The van der Waals surface area contributed by atoms with Crippen LogP contribution in [0.3, 0.4) is 0 Å². The van der Waals surface area contributed by atoms with E-state index in [9.17, 15) is 0 Å². The lowest BCUT2D eigenvalue weighted by Gasteiger charge is -2.16. The SMILES string of the molecule is CC(C)NCc1cn(C(C2CC2)C2CC2)cn1. The molecule has 1 aromatic heterocycles. The molecule has 0 unspecified atom stereocenters. The van der Waals surface area contributed by atoms with Crippen LogP contribution >= 0.6 is 0 Å². The van der Waals surface area contributed by atoms with Crippen molar-refractivity contribution >= 4 is 0 Å². The van der Waals surface area contributed by atoms with E-state index in [1.165, 1.54) is 31.4 Å². The van der Waals surface area contributed by atoms with Crippen LogP contribution in [0.2, 0.25) is 0 Å². The number of aromatic nitrogens is 2. The first-order chi connectivity index (χ1) is 8.24. The van der Waals surface area contributed by atoms with Crippen molar-refractivity contribution in [1.29, 1.82) is 0 Å². The second-order valence-electron chi connectivity index (χ2n) is 6.01. The zero-order valence-corrected chi connectivity index (χ0v) is 10.9. The van der Waals surface area contributed by atoms with Gasteiger partial charge in [0, 0.05) is 24.8 Å². The molecule has 2 saturated carbocycles. The first-order valence-electron chi connectivity index (χ1n) is 7.00. The zero-order valence-electron chi connectivity index (χ0n) is 10.9. The van der Waals surface area contributed by atoms with Crippen LogP contribution < -0.4 is 5.32 Å². The average Bonchev–Trinajstić information content (AvgIpc) is 3.18. The van der Waals surface area contributed by atoms with Gasteiger partial charge in [-0.25, -0.2) is 4.98 Å². The zero-order chi connectivity index (χ0) is 11.8. The van der Waals surface area contributed by atoms with E-state index in [1.807, 2.05) is 0 Å². The van der Waals surface area contributed by atoms with Gasteiger partial charge in [0.05, 0.1) is 12.0 Å². The van der Waals surface area contributed by atoms with Crippen LogP contribution in [-0.2, 0) is 6.54 Å². The standard InChI is InChI=1S/C14H23N3/c1-10(2)15-7-13-8-17(9-16-13)14(11-3-4-11)12-5-6-12/h8-12,14-15H,3-7H2,1-2H3. The summed E-state index contributed by atoms with van der Waals surface area (Å²) in [6.07, 6.45) is 10.0. The number of hydrogen-bond donors (Lipinski definition) is 1. The van der Waals surface area contributed by atoms with Gasteiger partial charge >= 0.3 is 0 Å². The van der Waals surface area contributed by atoms with Gasteiger partial charge < -0.3 is 9.88 Å². The Morgan fingerprint density at radius 1 is 1.29 bits per heavy atom. The van der Waals surface area contributed by atoms with Crippen molar-refractivity contribution in [3.8, 4) is 0 Å². The Bertz CT molecular complexity index is 363. The first-order valence-corrected chi connectivity index (χ1v) is 7.00. The van der Waals surface area contributed by atoms with Gasteiger partial charge in [-0.05, 0) is 37.5 Å². The summed E-state index contributed by atoms with van der Waals surface area (Å²) in [6.45, 7) is 5.25. The largest absolute Gasteiger partial charge is 0.334 e. The second-order valence-corrected chi connectivity index (χ2v) is 6.01. The van der Waals surface area contributed by atoms with Crippen LogP contribution in [0.5, 0.6) is 0 Å². The van der Waals surface area contributed by atoms with E-state index in [0.717, 1.165) is 24.4 Å². The van der Waals surface area contributed by atoms with Crippen LogP contribution in [0.1, 0.15) is 51.3 Å². The molecule has 0 radical (unpaired) electrons. The Kier molecular flexibility index (Phi) is 2.95. The summed E-state index contributed by atoms with van der Waals surface area (Å²) < 4.78 is 2.40. The molecule has 2 fully saturated rings. The van der Waals surface area contributed by atoms with Crippen molar-refractivity contribution in [3.63, 3.8) is 0 Å². The fourth-order valence-corrected chi connectivity index (χ4v) is 2.69. The van der Waals surface area contributed by atoms with Gasteiger partial charge in [-0.15, -0.1) is 0 Å². The topological polar surface area (TPSA) is 29.9 Å². The van der Waals surface area contributed by atoms with Crippen molar-refractivity contribution in [2.45, 2.75) is 58.2 Å². The van der Waals surface area contributed by atoms with Gasteiger partial charge in [0.15, 0.2) is 0 Å². The van der Waals surface area contributed by atoms with Crippen LogP contribution in [0.4, 0.5) is 0 Å². The molecular formula is C14H23N3. The Labute approximate surface area is 104 Å². The van der Waals surface area contributed by atoms with E-state index in [2.05, 4.69) is 41.2 Å². The summed E-state index contributed by atoms with van der Waals surface area (Å²) >= 11 is 0. The number of nitrogens with zero attached hydrogens (tertiary/aromatic N) is 2. The lowest BCUT2D eigenvalue weighted by atomic mass is 10.1. The number of nitrogens with one attached hydrogen (secondary N) is 1. The second kappa shape index (κ2) is 4.45. The fraction of sp³-hybridized carbons (Fsp3) is 0.786. The number of hydrogen-bond acceptors (Lipinski definition) is 2. The summed E-state index contributed by atoms with van der Waals surface area (Å²) in [5.41, 5.74) is 1.19. The van der Waals surface area contributed by atoms with Gasteiger partial charge in [-0.1, -0.05) is 13.8 Å². The molecule has 1 aromatic rings. The molecule has 0 amide bonds. The van der Waals surface area contributed by atoms with Gasteiger partial charge in [0.25, 0.3) is 0 Å². The van der Waals surface area contributed by atoms with Crippen LogP contribution in [-0.4, -0.2) is 15.6 Å². The smallest absolute Gasteiger partial charge is 0.0952 e. The molecule has 2 aliphatic rings. The van der Waals surface area contributed by atoms with E-state index in [4.69, 9.17) is 0 Å². The molecule has 0 atom stereocenters. The minimum absolute atomic E-state index is 0.530. The predicted octanol–water partition coefficient (Wildman–Crippen LogP) is 2.74. The van der Waals surface area contributed by atoms with E-state index in [-0.39, 0.29) is 0 Å². The average molecular weight is 233 g/mol. The quantitative estimate of drug-likeness (QED) is 0.818. The minimum Gasteiger partial charge on any atom is -0.334 e. The van der Waals surface area contributed by atoms with Gasteiger partial charge in [0.1, 0.15) is 0 Å². The minimum atomic E-state index is 0.530. The maximum Gasteiger partial charge on any atom is 0.0952 e. The summed E-state index contributed by atoms with van der Waals surface area (Å²) in [5, 5.41) is 3.43. The molecule has 0 aliphatic heterocycles. The van der Waals surface area contributed by atoms with Gasteiger partial charge in [-0.3, -0.25) is 0 Å². The Hall–Kier alpha value is -0.830. The lowest BCUT2D eigenvalue weighted by molar-refractivity contribution is 0.394. The maximum absolute atomic E-state index is 4.53. The Balaban J connectivity index is 1.65. The molecule has 0 saturated heterocycles. The Morgan fingerprint density at radius 3 is 2.47 bits per heavy atom. The highest BCUT2D eigenvalue weighted by Crippen LogP contribution is 2.51. The predicted molar refractivity (Wildman–Crippen MR) is 68.7 cm³/mol. The highest BCUT2D eigenvalue weighted by molar-refractivity contribution is 5.03. The highest BCUT2D eigenvalue weighted by Gasteiger charge is 2.42. The van der Waals surface area contributed by atoms with Crippen LogP contribution in [0, 0.1) is 11.8 Å². The molecule has 2 aliphatic carbocycles. The third kappa shape index (κ3) is 2.71. The highest BCUT2D eigenvalue weighted by atomic mass is 15.1. The van der Waals surface area contributed by atoms with Crippen molar-refractivity contribution in [1.82, 2.24) is 14.9 Å². The summed E-state index contributed by atoms with van der Waals surface area (Å²) in [5.74, 6) is 1.89. The first kappa shape index (κ1) is 11.3. The molecule has 0 bridgehead atoms. The van der Waals surface area contributed by atoms with Crippen LogP contribution in [0.15, 0.2) is 12.5 Å². The molecule has 3 rings (SSSR count). The Morgan fingerprint density at radius 2 is 1.94 bits per heavy atom. The summed E-state index contributed by atoms with van der Waals surface area (Å²) in [7, 11) is 0. The van der Waals surface area contributed by atoms with Gasteiger partial charge in [-0.2, -0.15) is 0 Å². The van der Waals surface area contributed by atoms with Crippen molar-refractivity contribution in [2.75, 3.05) is 0 Å². The molecule has 3 heteroatoms. The molecular weight excluding hydrogens is 210 g/mol. The van der Waals surface area contributed by atoms with E-state index in [0.29, 0.717) is 6.04 Å². The maximum atomic E-state index is 4.53. The monoisotopic (exact) mass is 233 g/mol. The molecule has 1 heterocycles. The molecule has 3 nitrogen and oxygen atoms in total. The van der Waals surface area contributed by atoms with Gasteiger partial charge in [0.2, 0.25) is 0 Å². The summed E-state index contributed by atoms with van der Waals surface area (Å²) in [6, 6.07) is 1.29. The number of rotatable bonds is 6. The lowest BCUT2D eigenvalue weighted by Crippen LogP contribution is -2.22. The van der Waals surface area contributed by atoms with Crippen LogP contribution in [0.25, 0.3) is 0 Å². The molecule has 1 N–H and O–H groups in total. The molecule has 17 heavy (non-hydrogen) atoms. The normalized spacial score (nSPS) is 20.5. The van der Waals surface area contributed by atoms with E-state index >= 15 is 0 Å². The van der Waals surface area contributed by atoms with Crippen molar-refractivity contribution in [3.05, 3.63) is 18.2 Å². The van der Waals surface area contributed by atoms with E-state index in [1.54, 1.807) is 0 Å². The molecule has 0 aromatic carbocycles. The number of imidazole rings is 1. The molecule has 94 valence electrons. The fourth-order valence-electron chi connectivity index (χ4n) is 2.69. The van der Waals surface area contributed by atoms with E-state index < -0.39 is 0 Å². The third-order valence-corrected chi connectivity index (χ3v) is 3.90. The summed E-state index contributed by atoms with van der Waals surface area (Å²) in [4.78, 5) is 4.53.